The van der Waals surface area contributed by atoms with Crippen LogP contribution in [0.15, 0.2) is 17.0 Å². The molecule has 0 saturated carbocycles. The molecule has 3 N–H and O–H groups in total. The number of fused-ring (bicyclic) bond motifs is 1. The molecule has 0 spiro atoms. The van der Waals surface area contributed by atoms with Crippen molar-refractivity contribution in [3.05, 3.63) is 17.8 Å². The third-order valence-corrected chi connectivity index (χ3v) is 12.3. The lowest BCUT2D eigenvalue weighted by Crippen LogP contribution is -2.53. The average Bonchev–Trinajstić information content (AvgIpc) is 2.75. The maximum atomic E-state index is 11.5. The number of pyridine rings is 1. The largest absolute Gasteiger partial charge is 0.465 e. The van der Waals surface area contributed by atoms with Crippen molar-refractivity contribution in [1.29, 1.82) is 0 Å². The van der Waals surface area contributed by atoms with Crippen molar-refractivity contribution in [3.63, 3.8) is 0 Å². The number of hydrogen-bond acceptors (Lipinski definition) is 7. The fourth-order valence-electron chi connectivity index (χ4n) is 3.75. The number of rotatable bonds is 5. The van der Waals surface area contributed by atoms with Crippen LogP contribution in [0.2, 0.25) is 18.1 Å². The topological polar surface area (TPSA) is 121 Å². The summed E-state index contributed by atoms with van der Waals surface area (Å²) in [5.41, 5.74) is -0.0412. The van der Waals surface area contributed by atoms with Crippen molar-refractivity contribution < 1.29 is 23.9 Å². The van der Waals surface area contributed by atoms with Crippen molar-refractivity contribution in [2.45, 2.75) is 82.6 Å². The van der Waals surface area contributed by atoms with Crippen LogP contribution in [-0.2, 0) is 9.22 Å². The Kier molecular flexibility index (Phi) is 10.1. The molecule has 9 nitrogen and oxygen atoms in total. The minimum atomic E-state index is -1.79. The van der Waals surface area contributed by atoms with Gasteiger partial charge >= 0.3 is 6.09 Å². The molecule has 1 aromatic rings. The molecule has 1 aromatic heterocycles. The molecule has 36 heavy (non-hydrogen) atoms. The molecule has 3 rings (SSSR count). The third-order valence-electron chi connectivity index (χ3n) is 6.77. The summed E-state index contributed by atoms with van der Waals surface area (Å²) >= 11 is 1.43. The highest BCUT2D eigenvalue weighted by Crippen LogP contribution is 2.38. The molecule has 2 amide bonds. The van der Waals surface area contributed by atoms with Crippen molar-refractivity contribution >= 4 is 44.2 Å². The van der Waals surface area contributed by atoms with Crippen LogP contribution in [0.5, 0.6) is 0 Å². The molecule has 2 atom stereocenters. The molecule has 11 heteroatoms. The Morgan fingerprint density at radius 2 is 1.92 bits per heavy atom. The SMILES string of the molecule is CC(C)(C)N(C[C@@H]1CNC[C@H](O[Si](C)(C)C(C)(C)C)C1)C(=O)O.O=Cc1ccc2c(n1)NC(=O)CS2. The number of aromatic nitrogens is 1. The zero-order valence-electron chi connectivity index (χ0n) is 22.8. The summed E-state index contributed by atoms with van der Waals surface area (Å²) < 4.78 is 6.51. The predicted molar refractivity (Wildman–Crippen MR) is 147 cm³/mol. The van der Waals surface area contributed by atoms with Crippen LogP contribution in [0, 0.1) is 5.92 Å². The van der Waals surface area contributed by atoms with Crippen LogP contribution in [0.25, 0.3) is 0 Å². The fourth-order valence-corrected chi connectivity index (χ4v) is 5.87. The molecule has 3 heterocycles. The Labute approximate surface area is 220 Å². The van der Waals surface area contributed by atoms with Gasteiger partial charge in [-0.1, -0.05) is 20.8 Å². The second-order valence-electron chi connectivity index (χ2n) is 11.9. The summed E-state index contributed by atoms with van der Waals surface area (Å²) in [6.07, 6.45) is 0.931. The maximum Gasteiger partial charge on any atom is 0.407 e. The summed E-state index contributed by atoms with van der Waals surface area (Å²) in [6.45, 7) is 19.4. The van der Waals surface area contributed by atoms with E-state index in [0.717, 1.165) is 24.4 Å². The Bertz CT molecular complexity index is 945. The first-order valence-electron chi connectivity index (χ1n) is 12.3. The van der Waals surface area contributed by atoms with E-state index in [0.29, 0.717) is 36.0 Å². The Hall–Kier alpha value is -1.95. The normalized spacial score (nSPS) is 20.4. The van der Waals surface area contributed by atoms with E-state index in [9.17, 15) is 19.5 Å². The Morgan fingerprint density at radius 3 is 2.47 bits per heavy atom. The van der Waals surface area contributed by atoms with Crippen LogP contribution in [-0.4, -0.2) is 78.6 Å². The van der Waals surface area contributed by atoms with Crippen LogP contribution in [0.4, 0.5) is 10.6 Å². The van der Waals surface area contributed by atoms with E-state index in [-0.39, 0.29) is 22.6 Å². The van der Waals surface area contributed by atoms with Gasteiger partial charge in [-0.05, 0) is 69.9 Å². The predicted octanol–water partition coefficient (Wildman–Crippen LogP) is 4.70. The molecule has 0 radical (unpaired) electrons. The van der Waals surface area contributed by atoms with Crippen molar-refractivity contribution in [2.75, 3.05) is 30.7 Å². The van der Waals surface area contributed by atoms with Gasteiger partial charge in [-0.3, -0.25) is 9.59 Å². The maximum absolute atomic E-state index is 11.5. The van der Waals surface area contributed by atoms with Crippen molar-refractivity contribution in [3.8, 4) is 0 Å². The molecule has 2 aliphatic rings. The van der Waals surface area contributed by atoms with E-state index in [1.54, 1.807) is 17.0 Å². The van der Waals surface area contributed by atoms with Gasteiger partial charge in [0.25, 0.3) is 0 Å². The Morgan fingerprint density at radius 1 is 1.25 bits per heavy atom. The number of carbonyl (C=O) groups is 3. The standard InChI is InChI=1S/C17H36N2O3Si.C8H6N2O2S/c1-16(2,3)19(15(20)21)12-13-9-14(11-18-10-13)22-23(7,8)17(4,5)6;11-3-5-1-2-6-8(9-5)10-7(12)4-13-6/h13-14,18H,9-12H2,1-8H3,(H,20,21);1-3H,4H2,(H,9,10,12)/t13-,14+;/m0./s1. The number of carboxylic acid groups (broad SMARTS) is 1. The molecular formula is C25H42N4O5SSi. The van der Waals surface area contributed by atoms with E-state index in [1.165, 1.54) is 11.8 Å². The minimum absolute atomic E-state index is 0.0759. The van der Waals surface area contributed by atoms with Crippen LogP contribution in [0.3, 0.4) is 0 Å². The van der Waals surface area contributed by atoms with Crippen LogP contribution < -0.4 is 10.6 Å². The quantitative estimate of drug-likeness (QED) is 0.364. The molecule has 0 aliphatic carbocycles. The third kappa shape index (κ3) is 8.57. The zero-order valence-corrected chi connectivity index (χ0v) is 24.6. The summed E-state index contributed by atoms with van der Waals surface area (Å²) in [6, 6.07) is 3.42. The second kappa shape index (κ2) is 12.1. The van der Waals surface area contributed by atoms with Crippen molar-refractivity contribution in [1.82, 2.24) is 15.2 Å². The lowest BCUT2D eigenvalue weighted by molar-refractivity contribution is -0.113. The highest BCUT2D eigenvalue weighted by atomic mass is 32.2. The summed E-state index contributed by atoms with van der Waals surface area (Å²) in [5.74, 6) is 1.13. The smallest absolute Gasteiger partial charge is 0.407 e. The summed E-state index contributed by atoms with van der Waals surface area (Å²) in [7, 11) is -1.79. The molecule has 202 valence electrons. The fraction of sp³-hybridized carbons (Fsp3) is 0.680. The molecule has 0 aromatic carbocycles. The van der Waals surface area contributed by atoms with E-state index in [1.807, 2.05) is 20.8 Å². The lowest BCUT2D eigenvalue weighted by atomic mass is 9.95. The van der Waals surface area contributed by atoms with Gasteiger partial charge in [0.1, 0.15) is 11.5 Å². The minimum Gasteiger partial charge on any atom is -0.465 e. The lowest BCUT2D eigenvalue weighted by Gasteiger charge is -2.43. The Balaban J connectivity index is 0.000000293. The van der Waals surface area contributed by atoms with E-state index in [2.05, 4.69) is 49.5 Å². The number of thioether (sulfide) groups is 1. The second-order valence-corrected chi connectivity index (χ2v) is 17.6. The van der Waals surface area contributed by atoms with Crippen molar-refractivity contribution in [2.24, 2.45) is 5.92 Å². The summed E-state index contributed by atoms with van der Waals surface area (Å²) in [4.78, 5) is 39.3. The highest BCUT2D eigenvalue weighted by Gasteiger charge is 2.40. The number of piperidine rings is 1. The molecule has 0 unspecified atom stereocenters. The van der Waals surface area contributed by atoms with Gasteiger partial charge in [0, 0.05) is 18.6 Å². The average molecular weight is 539 g/mol. The van der Waals surface area contributed by atoms with Gasteiger partial charge in [-0.2, -0.15) is 0 Å². The van der Waals surface area contributed by atoms with E-state index >= 15 is 0 Å². The van der Waals surface area contributed by atoms with E-state index in [4.69, 9.17) is 4.43 Å². The number of nitrogens with one attached hydrogen (secondary N) is 2. The number of carbonyl (C=O) groups excluding carboxylic acids is 2. The van der Waals surface area contributed by atoms with Crippen LogP contribution in [0.1, 0.15) is 58.5 Å². The van der Waals surface area contributed by atoms with Crippen LogP contribution >= 0.6 is 11.8 Å². The highest BCUT2D eigenvalue weighted by molar-refractivity contribution is 8.00. The zero-order chi connectivity index (χ0) is 27.3. The molecule has 1 saturated heterocycles. The number of amides is 2. The van der Waals surface area contributed by atoms with Gasteiger partial charge in [0.05, 0.1) is 16.8 Å². The van der Waals surface area contributed by atoms with Gasteiger partial charge in [-0.15, -0.1) is 11.8 Å². The van der Waals surface area contributed by atoms with E-state index < -0.39 is 14.4 Å². The molecule has 2 aliphatic heterocycles. The summed E-state index contributed by atoms with van der Waals surface area (Å²) in [5, 5.41) is 15.7. The van der Waals surface area contributed by atoms with Gasteiger partial charge in [0.15, 0.2) is 14.6 Å². The first kappa shape index (κ1) is 30.3. The number of hydrogen-bond donors (Lipinski definition) is 3. The number of anilines is 1. The monoisotopic (exact) mass is 538 g/mol. The first-order chi connectivity index (χ1) is 16.5. The molecular weight excluding hydrogens is 496 g/mol. The van der Waals surface area contributed by atoms with Gasteiger partial charge in [-0.25, -0.2) is 9.78 Å². The van der Waals surface area contributed by atoms with Gasteiger partial charge < -0.3 is 25.1 Å². The number of aldehydes is 1. The number of nitrogens with zero attached hydrogens (tertiary/aromatic N) is 2. The van der Waals surface area contributed by atoms with Gasteiger partial charge in [0.2, 0.25) is 5.91 Å². The molecule has 1 fully saturated rings. The molecule has 0 bridgehead atoms. The first-order valence-corrected chi connectivity index (χ1v) is 16.2.